The first-order valence-electron chi connectivity index (χ1n) is 14.9. The summed E-state index contributed by atoms with van der Waals surface area (Å²) in [5.41, 5.74) is 0.274. The zero-order valence-electron chi connectivity index (χ0n) is 27.9. The quantitative estimate of drug-likeness (QED) is 0.148. The number of carbonyl (C=O) groups is 3. The molecule has 2 atom stereocenters. The van der Waals surface area contributed by atoms with Crippen molar-refractivity contribution in [3.63, 3.8) is 0 Å². The average Bonchev–Trinajstić information content (AvgIpc) is 2.83. The number of benzene rings is 1. The number of carbonyl (C=O) groups excluding carboxylic acids is 3. The van der Waals surface area contributed by atoms with Crippen LogP contribution in [0.25, 0.3) is 0 Å². The van der Waals surface area contributed by atoms with E-state index in [9.17, 15) is 19.5 Å². The highest BCUT2D eigenvalue weighted by Gasteiger charge is 2.45. The molecule has 1 aromatic carbocycles. The first kappa shape index (κ1) is 36.5. The molecule has 1 rings (SSSR count). The zero-order chi connectivity index (χ0) is 32.0. The van der Waals surface area contributed by atoms with E-state index >= 15 is 0 Å². The molecule has 0 aromatic heterocycles. The molecule has 234 valence electrons. The van der Waals surface area contributed by atoms with E-state index in [-0.39, 0.29) is 36.2 Å². The van der Waals surface area contributed by atoms with Gasteiger partial charge in [0.05, 0.1) is 25.6 Å². The largest absolute Gasteiger partial charge is 0.507 e. The Morgan fingerprint density at radius 2 is 1.39 bits per heavy atom. The molecule has 0 aliphatic rings. The number of unbranched alkanes of at least 4 members (excludes halogenated alkanes) is 1. The van der Waals surface area contributed by atoms with Crippen molar-refractivity contribution in [2.24, 2.45) is 17.3 Å². The first-order valence-corrected chi connectivity index (χ1v) is 14.9. The number of rotatable bonds is 13. The maximum atomic E-state index is 13.3. The minimum atomic E-state index is -1.17. The molecule has 7 nitrogen and oxygen atoms in total. The van der Waals surface area contributed by atoms with Crippen molar-refractivity contribution in [2.75, 3.05) is 13.7 Å². The number of hydrogen-bond acceptors (Lipinski definition) is 7. The minimum absolute atomic E-state index is 0.112. The van der Waals surface area contributed by atoms with Crippen molar-refractivity contribution < 1.29 is 33.7 Å². The second-order valence-corrected chi connectivity index (χ2v) is 14.6. The molecular weight excluding hydrogens is 520 g/mol. The molecule has 0 aliphatic carbocycles. The zero-order valence-corrected chi connectivity index (χ0v) is 27.9. The first-order chi connectivity index (χ1) is 18.6. The Bertz CT molecular complexity index is 1020. The van der Waals surface area contributed by atoms with Gasteiger partial charge in [0.15, 0.2) is 0 Å². The van der Waals surface area contributed by atoms with Gasteiger partial charge in [0.1, 0.15) is 11.4 Å². The van der Waals surface area contributed by atoms with Crippen LogP contribution in [0.4, 0.5) is 0 Å². The number of ether oxygens (including phenoxy) is 3. The van der Waals surface area contributed by atoms with Gasteiger partial charge in [-0.2, -0.15) is 0 Å². The van der Waals surface area contributed by atoms with Crippen LogP contribution in [-0.2, 0) is 45.8 Å². The van der Waals surface area contributed by atoms with E-state index in [0.717, 1.165) is 29.5 Å². The number of aromatic hydroxyl groups is 1. The van der Waals surface area contributed by atoms with Gasteiger partial charge < -0.3 is 19.3 Å². The molecule has 0 saturated carbocycles. The van der Waals surface area contributed by atoms with Crippen molar-refractivity contribution >= 4 is 17.9 Å². The third-order valence-electron chi connectivity index (χ3n) is 8.10. The Morgan fingerprint density at radius 3 is 1.83 bits per heavy atom. The number of phenols is 1. The maximum absolute atomic E-state index is 13.3. The van der Waals surface area contributed by atoms with E-state index in [1.165, 1.54) is 7.11 Å². The highest BCUT2D eigenvalue weighted by molar-refractivity contribution is 5.76. The Kier molecular flexibility index (Phi) is 12.5. The molecule has 41 heavy (non-hydrogen) atoms. The van der Waals surface area contributed by atoms with Crippen LogP contribution in [0.1, 0.15) is 125 Å². The van der Waals surface area contributed by atoms with E-state index in [4.69, 9.17) is 14.2 Å². The van der Waals surface area contributed by atoms with Crippen molar-refractivity contribution in [3.05, 3.63) is 28.8 Å². The van der Waals surface area contributed by atoms with Gasteiger partial charge in [-0.25, -0.2) is 0 Å². The van der Waals surface area contributed by atoms with Crippen LogP contribution in [-0.4, -0.2) is 42.3 Å². The molecule has 0 saturated heterocycles. The summed E-state index contributed by atoms with van der Waals surface area (Å²) >= 11 is 0. The van der Waals surface area contributed by atoms with Crippen molar-refractivity contribution in [2.45, 2.75) is 132 Å². The molecule has 2 unspecified atom stereocenters. The number of hydrogen-bond donors (Lipinski definition) is 1. The van der Waals surface area contributed by atoms with Crippen LogP contribution < -0.4 is 0 Å². The summed E-state index contributed by atoms with van der Waals surface area (Å²) in [6.45, 7) is 23.7. The van der Waals surface area contributed by atoms with Gasteiger partial charge in [0, 0.05) is 6.42 Å². The van der Waals surface area contributed by atoms with Crippen LogP contribution in [0.5, 0.6) is 5.75 Å². The van der Waals surface area contributed by atoms with Crippen molar-refractivity contribution in [3.8, 4) is 5.75 Å². The van der Waals surface area contributed by atoms with Gasteiger partial charge in [-0.3, -0.25) is 14.4 Å². The summed E-state index contributed by atoms with van der Waals surface area (Å²) in [7, 11) is 1.35. The standard InChI is InChI=1S/C34H56O7/c1-14-15-18-40-30(38)26(21-33(9,10)22(2)29(37)39-13)34(11,12)41-27(35)17-16-23-19-24(31(3,4)5)28(36)25(20-23)32(6,7)8/h19-20,22,26,36H,14-18,21H2,1-13H3. The van der Waals surface area contributed by atoms with Gasteiger partial charge in [-0.05, 0) is 66.0 Å². The minimum Gasteiger partial charge on any atom is -0.507 e. The summed E-state index contributed by atoms with van der Waals surface area (Å²) in [5.74, 6) is -2.19. The summed E-state index contributed by atoms with van der Waals surface area (Å²) < 4.78 is 16.5. The van der Waals surface area contributed by atoms with Crippen LogP contribution in [0.2, 0.25) is 0 Å². The lowest BCUT2D eigenvalue weighted by atomic mass is 9.70. The maximum Gasteiger partial charge on any atom is 0.313 e. The molecule has 0 radical (unpaired) electrons. The lowest BCUT2D eigenvalue weighted by Gasteiger charge is -2.39. The van der Waals surface area contributed by atoms with Crippen LogP contribution in [0, 0.1) is 17.3 Å². The monoisotopic (exact) mass is 576 g/mol. The highest BCUT2D eigenvalue weighted by Crippen LogP contribution is 2.41. The van der Waals surface area contributed by atoms with Gasteiger partial charge >= 0.3 is 17.9 Å². The fourth-order valence-corrected chi connectivity index (χ4v) is 4.87. The fraction of sp³-hybridized carbons (Fsp3) is 0.735. The van der Waals surface area contributed by atoms with Crippen molar-refractivity contribution in [1.29, 1.82) is 0 Å². The van der Waals surface area contributed by atoms with E-state index in [2.05, 4.69) is 41.5 Å². The molecule has 0 amide bonds. The van der Waals surface area contributed by atoms with Crippen molar-refractivity contribution in [1.82, 2.24) is 0 Å². The lowest BCUT2D eigenvalue weighted by Crippen LogP contribution is -2.46. The number of methoxy groups -OCH3 is 1. The van der Waals surface area contributed by atoms with Crippen LogP contribution in [0.3, 0.4) is 0 Å². The number of esters is 3. The highest BCUT2D eigenvalue weighted by atomic mass is 16.6. The Hall–Kier alpha value is -2.57. The predicted octanol–water partition coefficient (Wildman–Crippen LogP) is 7.43. The molecule has 1 aromatic rings. The second-order valence-electron chi connectivity index (χ2n) is 14.6. The lowest BCUT2D eigenvalue weighted by molar-refractivity contribution is -0.176. The summed E-state index contributed by atoms with van der Waals surface area (Å²) in [6.07, 6.45) is 2.43. The molecule has 0 bridgehead atoms. The van der Waals surface area contributed by atoms with E-state index in [0.29, 0.717) is 12.2 Å². The molecule has 0 heterocycles. The SMILES string of the molecule is CCCCOC(=O)C(CC(C)(C)C(C)C(=O)OC)C(C)(C)OC(=O)CCc1cc(C(C)(C)C)c(O)c(C(C)(C)C)c1. The van der Waals surface area contributed by atoms with Crippen LogP contribution >= 0.6 is 0 Å². The molecule has 0 aliphatic heterocycles. The summed E-state index contributed by atoms with van der Waals surface area (Å²) in [5, 5.41) is 11.0. The normalized spacial score (nSPS) is 14.3. The fourth-order valence-electron chi connectivity index (χ4n) is 4.87. The van der Waals surface area contributed by atoms with Gasteiger partial charge in [-0.1, -0.05) is 87.8 Å². The molecular formula is C34H56O7. The molecule has 0 spiro atoms. The van der Waals surface area contributed by atoms with Gasteiger partial charge in [0.2, 0.25) is 0 Å². The average molecular weight is 577 g/mol. The predicted molar refractivity (Wildman–Crippen MR) is 163 cm³/mol. The second kappa shape index (κ2) is 14.1. The smallest absolute Gasteiger partial charge is 0.313 e. The van der Waals surface area contributed by atoms with Gasteiger partial charge in [-0.15, -0.1) is 0 Å². The van der Waals surface area contributed by atoms with Gasteiger partial charge in [0.25, 0.3) is 0 Å². The molecule has 7 heteroatoms. The topological polar surface area (TPSA) is 99.1 Å². The van der Waals surface area contributed by atoms with E-state index in [1.54, 1.807) is 20.8 Å². The van der Waals surface area contributed by atoms with E-state index < -0.39 is 34.8 Å². The number of aryl methyl sites for hydroxylation is 1. The molecule has 1 N–H and O–H groups in total. The Balaban J connectivity index is 3.23. The number of phenolic OH excluding ortho intramolecular Hbond substituents is 1. The van der Waals surface area contributed by atoms with E-state index in [1.807, 2.05) is 32.9 Å². The summed E-state index contributed by atoms with van der Waals surface area (Å²) in [6, 6.07) is 3.93. The Labute approximate surface area is 248 Å². The summed E-state index contributed by atoms with van der Waals surface area (Å²) in [4.78, 5) is 38.8. The molecule has 0 fully saturated rings. The Morgan fingerprint density at radius 1 is 0.878 bits per heavy atom. The third-order valence-corrected chi connectivity index (χ3v) is 8.10. The third kappa shape index (κ3) is 10.3. The van der Waals surface area contributed by atoms with Crippen LogP contribution in [0.15, 0.2) is 12.1 Å².